The largest absolute Gasteiger partial charge is 0.349 e. The van der Waals surface area contributed by atoms with Gasteiger partial charge in [-0.25, -0.2) is 4.98 Å². The Labute approximate surface area is 201 Å². The molecule has 1 aromatic heterocycles. The van der Waals surface area contributed by atoms with Crippen molar-refractivity contribution < 1.29 is 4.79 Å². The highest BCUT2D eigenvalue weighted by molar-refractivity contribution is 5.94. The van der Waals surface area contributed by atoms with Crippen molar-refractivity contribution in [3.63, 3.8) is 0 Å². The predicted octanol–water partition coefficient (Wildman–Crippen LogP) is 5.21. The van der Waals surface area contributed by atoms with Crippen LogP contribution >= 0.6 is 12.4 Å². The minimum absolute atomic E-state index is 0. The van der Waals surface area contributed by atoms with Gasteiger partial charge in [-0.05, 0) is 79.8 Å². The molecule has 2 heterocycles. The molecule has 0 bridgehead atoms. The van der Waals surface area contributed by atoms with E-state index in [1.165, 1.54) is 30.5 Å². The number of benzene rings is 2. The van der Waals surface area contributed by atoms with Gasteiger partial charge in [0.15, 0.2) is 0 Å². The molecular formula is C27H33ClN4O. The molecule has 174 valence electrons. The zero-order valence-corrected chi connectivity index (χ0v) is 19.9. The SMILES string of the molecule is Cl.O=C(N[C@@H]1CCC[C@H](c2nc3ccccc3[nH]2)C1)c1ccc2c(c1)CN(CC1CC1)CC2. The number of rotatable bonds is 5. The fourth-order valence-corrected chi connectivity index (χ4v) is 5.58. The number of imidazole rings is 1. The molecule has 33 heavy (non-hydrogen) atoms. The zero-order valence-electron chi connectivity index (χ0n) is 19.1. The maximum atomic E-state index is 13.1. The van der Waals surface area contributed by atoms with Crippen molar-refractivity contribution in [1.29, 1.82) is 0 Å². The third-order valence-corrected chi connectivity index (χ3v) is 7.58. The number of fused-ring (bicyclic) bond motifs is 2. The van der Waals surface area contributed by atoms with Gasteiger partial charge in [-0.15, -0.1) is 12.4 Å². The van der Waals surface area contributed by atoms with E-state index in [1.807, 2.05) is 18.2 Å². The number of nitrogens with zero attached hydrogens (tertiary/aromatic N) is 2. The standard InChI is InChI=1S/C27H32N4O.ClH/c32-27(21-11-10-19-12-13-31(16-18-8-9-18)17-22(19)14-21)28-23-5-3-4-20(15-23)26-29-24-6-1-2-7-25(24)30-26;/h1-2,6-7,10-11,14,18,20,23H,3-5,8-9,12-13,15-17H2,(H,28,32)(H,29,30);1H/t20-,23+;/m0./s1. The normalized spacial score (nSPS) is 23.0. The molecule has 0 radical (unpaired) electrons. The molecule has 6 heteroatoms. The zero-order chi connectivity index (χ0) is 21.5. The van der Waals surface area contributed by atoms with E-state index in [0.717, 1.165) is 73.5 Å². The Morgan fingerprint density at radius 2 is 1.97 bits per heavy atom. The molecule has 0 spiro atoms. The summed E-state index contributed by atoms with van der Waals surface area (Å²) in [6, 6.07) is 14.7. The van der Waals surface area contributed by atoms with Gasteiger partial charge < -0.3 is 10.3 Å². The summed E-state index contributed by atoms with van der Waals surface area (Å²) >= 11 is 0. The Morgan fingerprint density at radius 1 is 1.09 bits per heavy atom. The van der Waals surface area contributed by atoms with E-state index in [1.54, 1.807) is 0 Å². The smallest absolute Gasteiger partial charge is 0.251 e. The van der Waals surface area contributed by atoms with E-state index in [9.17, 15) is 4.79 Å². The molecule has 2 atom stereocenters. The van der Waals surface area contributed by atoms with Crippen LogP contribution in [0.15, 0.2) is 42.5 Å². The highest BCUT2D eigenvalue weighted by Crippen LogP contribution is 2.33. The molecule has 2 aliphatic carbocycles. The van der Waals surface area contributed by atoms with Crippen LogP contribution in [0, 0.1) is 5.92 Å². The highest BCUT2D eigenvalue weighted by atomic mass is 35.5. The number of H-pyrrole nitrogens is 1. The quantitative estimate of drug-likeness (QED) is 0.545. The van der Waals surface area contributed by atoms with Gasteiger partial charge in [-0.3, -0.25) is 9.69 Å². The molecule has 3 aliphatic rings. The molecule has 2 aromatic carbocycles. The summed E-state index contributed by atoms with van der Waals surface area (Å²) in [5.74, 6) is 2.42. The average Bonchev–Trinajstić information content (AvgIpc) is 3.52. The molecule has 1 amide bonds. The summed E-state index contributed by atoms with van der Waals surface area (Å²) in [4.78, 5) is 24.0. The Kier molecular flexibility index (Phi) is 6.44. The first-order valence-electron chi connectivity index (χ1n) is 12.3. The van der Waals surface area contributed by atoms with Gasteiger partial charge in [0, 0.05) is 37.2 Å². The number of aromatic amines is 1. The van der Waals surface area contributed by atoms with Gasteiger partial charge in [0.2, 0.25) is 0 Å². The minimum atomic E-state index is 0. The van der Waals surface area contributed by atoms with Crippen LogP contribution in [-0.2, 0) is 13.0 Å². The van der Waals surface area contributed by atoms with Gasteiger partial charge in [-0.1, -0.05) is 24.6 Å². The van der Waals surface area contributed by atoms with E-state index >= 15 is 0 Å². The second-order valence-corrected chi connectivity index (χ2v) is 10.1. The van der Waals surface area contributed by atoms with Crippen molar-refractivity contribution in [3.8, 4) is 0 Å². The molecule has 0 unspecified atom stereocenters. The second-order valence-electron chi connectivity index (χ2n) is 10.1. The van der Waals surface area contributed by atoms with Crippen molar-refractivity contribution in [2.75, 3.05) is 13.1 Å². The third kappa shape index (κ3) is 4.95. The summed E-state index contributed by atoms with van der Waals surface area (Å²) in [5, 5.41) is 3.33. The van der Waals surface area contributed by atoms with Crippen molar-refractivity contribution >= 4 is 29.3 Å². The lowest BCUT2D eigenvalue weighted by Crippen LogP contribution is -2.38. The first-order chi connectivity index (χ1) is 15.7. The molecule has 2 N–H and O–H groups in total. The molecule has 2 saturated carbocycles. The van der Waals surface area contributed by atoms with Gasteiger partial charge in [-0.2, -0.15) is 0 Å². The minimum Gasteiger partial charge on any atom is -0.349 e. The summed E-state index contributed by atoms with van der Waals surface area (Å²) in [5.41, 5.74) is 5.68. The Hall–Kier alpha value is -2.37. The van der Waals surface area contributed by atoms with Crippen molar-refractivity contribution in [2.24, 2.45) is 5.92 Å². The fraction of sp³-hybridized carbons (Fsp3) is 0.481. The molecule has 1 aliphatic heterocycles. The van der Waals surface area contributed by atoms with Crippen LogP contribution in [0.25, 0.3) is 11.0 Å². The summed E-state index contributed by atoms with van der Waals surface area (Å²) in [7, 11) is 0. The van der Waals surface area contributed by atoms with E-state index < -0.39 is 0 Å². The first kappa shape index (κ1) is 22.4. The number of carbonyl (C=O) groups excluding carboxylic acids is 1. The average molecular weight is 465 g/mol. The number of nitrogens with one attached hydrogen (secondary N) is 2. The van der Waals surface area contributed by atoms with Crippen LogP contribution < -0.4 is 5.32 Å². The Balaban J connectivity index is 0.00000228. The number of halogens is 1. The number of carbonyl (C=O) groups is 1. The maximum Gasteiger partial charge on any atom is 0.251 e. The molecule has 2 fully saturated rings. The van der Waals surface area contributed by atoms with E-state index in [2.05, 4.69) is 39.5 Å². The lowest BCUT2D eigenvalue weighted by atomic mass is 9.85. The van der Waals surface area contributed by atoms with Crippen LogP contribution in [0.3, 0.4) is 0 Å². The topological polar surface area (TPSA) is 61.0 Å². The lowest BCUT2D eigenvalue weighted by Gasteiger charge is -2.30. The Bertz CT molecular complexity index is 1110. The Morgan fingerprint density at radius 3 is 2.82 bits per heavy atom. The van der Waals surface area contributed by atoms with Crippen LogP contribution in [-0.4, -0.2) is 39.9 Å². The molecule has 5 nitrogen and oxygen atoms in total. The van der Waals surface area contributed by atoms with Crippen LogP contribution in [0.1, 0.15) is 71.8 Å². The van der Waals surface area contributed by atoms with Crippen molar-refractivity contribution in [1.82, 2.24) is 20.2 Å². The summed E-state index contributed by atoms with van der Waals surface area (Å²) in [6.07, 6.45) is 8.12. The first-order valence-corrected chi connectivity index (χ1v) is 12.3. The van der Waals surface area contributed by atoms with Gasteiger partial charge in [0.1, 0.15) is 5.82 Å². The van der Waals surface area contributed by atoms with Crippen LogP contribution in [0.5, 0.6) is 0 Å². The van der Waals surface area contributed by atoms with Gasteiger partial charge in [0.05, 0.1) is 11.0 Å². The number of aromatic nitrogens is 2. The summed E-state index contributed by atoms with van der Waals surface area (Å²) in [6.45, 7) is 3.37. The van der Waals surface area contributed by atoms with E-state index in [0.29, 0.717) is 5.92 Å². The van der Waals surface area contributed by atoms with Crippen LogP contribution in [0.4, 0.5) is 0 Å². The lowest BCUT2D eigenvalue weighted by molar-refractivity contribution is 0.0924. The van der Waals surface area contributed by atoms with Crippen LogP contribution in [0.2, 0.25) is 0 Å². The number of amides is 1. The van der Waals surface area contributed by atoms with E-state index in [4.69, 9.17) is 4.98 Å². The van der Waals surface area contributed by atoms with Crippen molar-refractivity contribution in [3.05, 3.63) is 65.0 Å². The monoisotopic (exact) mass is 464 g/mol. The summed E-state index contributed by atoms with van der Waals surface area (Å²) < 4.78 is 0. The second kappa shape index (κ2) is 9.47. The van der Waals surface area contributed by atoms with Gasteiger partial charge >= 0.3 is 0 Å². The maximum absolute atomic E-state index is 13.1. The van der Waals surface area contributed by atoms with E-state index in [-0.39, 0.29) is 24.4 Å². The van der Waals surface area contributed by atoms with Gasteiger partial charge in [0.25, 0.3) is 5.91 Å². The predicted molar refractivity (Wildman–Crippen MR) is 134 cm³/mol. The van der Waals surface area contributed by atoms with Crippen molar-refractivity contribution in [2.45, 2.75) is 63.5 Å². The number of hydrogen-bond acceptors (Lipinski definition) is 3. The number of para-hydroxylation sites is 2. The highest BCUT2D eigenvalue weighted by Gasteiger charge is 2.28. The molecule has 0 saturated heterocycles. The molecular weight excluding hydrogens is 432 g/mol. The number of hydrogen-bond donors (Lipinski definition) is 2. The third-order valence-electron chi connectivity index (χ3n) is 7.58. The molecule has 6 rings (SSSR count). The fourth-order valence-electron chi connectivity index (χ4n) is 5.58. The molecule has 3 aromatic rings.